The molecule has 0 N–H and O–H groups in total. The van der Waals surface area contributed by atoms with E-state index in [0.29, 0.717) is 4.90 Å². The van der Waals surface area contributed by atoms with E-state index in [1.54, 1.807) is 0 Å². The minimum Gasteiger partial charge on any atom is -0.348 e. The van der Waals surface area contributed by atoms with Crippen molar-refractivity contribution in [3.63, 3.8) is 0 Å². The van der Waals surface area contributed by atoms with Crippen LogP contribution >= 0.6 is 0 Å². The first-order chi connectivity index (χ1) is 10.4. The van der Waals surface area contributed by atoms with Gasteiger partial charge in [0.2, 0.25) is 5.91 Å². The first-order valence-electron chi connectivity index (χ1n) is 6.35. The predicted octanol–water partition coefficient (Wildman–Crippen LogP) is 2.79. The molecule has 4 nitrogen and oxygen atoms in total. The third-order valence-corrected chi connectivity index (χ3v) is 5.03. The lowest BCUT2D eigenvalue weighted by molar-refractivity contribution is -0.284. The SMILES string of the molecule is CN(C)C(=O)C(CCC(F)(F)C(F)(F)F)S(=O)(=O)CCC(F)(F)F. The van der Waals surface area contributed by atoms with Crippen LogP contribution in [0, 0.1) is 0 Å². The number of rotatable bonds is 7. The van der Waals surface area contributed by atoms with Crippen molar-refractivity contribution in [2.75, 3.05) is 19.8 Å². The Labute approximate surface area is 132 Å². The van der Waals surface area contributed by atoms with Crippen molar-refractivity contribution < 1.29 is 48.3 Å². The fourth-order valence-corrected chi connectivity index (χ4v) is 3.39. The minimum absolute atomic E-state index is 0.599. The number of carbonyl (C=O) groups is 1. The second-order valence-electron chi connectivity index (χ2n) is 5.19. The lowest BCUT2D eigenvalue weighted by Crippen LogP contribution is -2.43. The number of sulfone groups is 1. The Morgan fingerprint density at radius 3 is 1.75 bits per heavy atom. The highest BCUT2D eigenvalue weighted by atomic mass is 32.2. The number of halogens is 8. The summed E-state index contributed by atoms with van der Waals surface area (Å²) in [7, 11) is -2.89. The van der Waals surface area contributed by atoms with Gasteiger partial charge in [-0.05, 0) is 6.42 Å². The summed E-state index contributed by atoms with van der Waals surface area (Å²) in [5, 5.41) is -2.41. The van der Waals surface area contributed by atoms with Gasteiger partial charge in [-0.3, -0.25) is 4.79 Å². The standard InChI is InChI=1S/C11H15F8NO3S/c1-20(2)8(21)7(3-4-9(12,13)11(17,18)19)24(22,23)6-5-10(14,15)16/h7H,3-6H2,1-2H3. The molecule has 13 heteroatoms. The number of hydrogen-bond donors (Lipinski definition) is 0. The average Bonchev–Trinajstić information content (AvgIpc) is 2.33. The third kappa shape index (κ3) is 6.77. The molecule has 1 atom stereocenters. The van der Waals surface area contributed by atoms with E-state index in [1.165, 1.54) is 0 Å². The van der Waals surface area contributed by atoms with E-state index in [1.807, 2.05) is 0 Å². The first kappa shape index (κ1) is 22.9. The molecule has 0 aromatic carbocycles. The predicted molar refractivity (Wildman–Crippen MR) is 67.2 cm³/mol. The molecule has 0 bridgehead atoms. The highest BCUT2D eigenvalue weighted by Crippen LogP contribution is 2.39. The number of amides is 1. The van der Waals surface area contributed by atoms with E-state index in [-0.39, 0.29) is 0 Å². The van der Waals surface area contributed by atoms with Gasteiger partial charge in [0.1, 0.15) is 5.25 Å². The van der Waals surface area contributed by atoms with Crippen molar-refractivity contribution in [1.29, 1.82) is 0 Å². The van der Waals surface area contributed by atoms with E-state index >= 15 is 0 Å². The van der Waals surface area contributed by atoms with Crippen molar-refractivity contribution in [1.82, 2.24) is 4.90 Å². The molecule has 0 saturated heterocycles. The topological polar surface area (TPSA) is 54.5 Å². The molecule has 0 fully saturated rings. The Kier molecular flexibility index (Phi) is 7.05. The maximum absolute atomic E-state index is 12.9. The van der Waals surface area contributed by atoms with Gasteiger partial charge in [-0.2, -0.15) is 35.1 Å². The van der Waals surface area contributed by atoms with Gasteiger partial charge in [-0.15, -0.1) is 0 Å². The van der Waals surface area contributed by atoms with Crippen LogP contribution in [0.4, 0.5) is 35.1 Å². The van der Waals surface area contributed by atoms with Crippen LogP contribution in [0.2, 0.25) is 0 Å². The molecule has 0 aromatic heterocycles. The van der Waals surface area contributed by atoms with Crippen molar-refractivity contribution in [3.8, 4) is 0 Å². The van der Waals surface area contributed by atoms with Crippen molar-refractivity contribution in [2.45, 2.75) is 42.8 Å². The summed E-state index contributed by atoms with van der Waals surface area (Å²) in [6.45, 7) is 0. The number of nitrogens with zero attached hydrogens (tertiary/aromatic N) is 1. The van der Waals surface area contributed by atoms with Gasteiger partial charge >= 0.3 is 18.3 Å². The summed E-state index contributed by atoms with van der Waals surface area (Å²) < 4.78 is 122. The van der Waals surface area contributed by atoms with Crippen molar-refractivity contribution >= 4 is 15.7 Å². The molecule has 1 amide bonds. The normalized spacial score (nSPS) is 15.2. The van der Waals surface area contributed by atoms with Crippen LogP contribution in [0.1, 0.15) is 19.3 Å². The first-order valence-corrected chi connectivity index (χ1v) is 8.06. The van der Waals surface area contributed by atoms with E-state index in [2.05, 4.69) is 0 Å². The van der Waals surface area contributed by atoms with Gasteiger partial charge < -0.3 is 4.90 Å². The number of alkyl halides is 8. The largest absolute Gasteiger partial charge is 0.453 e. The fraction of sp³-hybridized carbons (Fsp3) is 0.909. The van der Waals surface area contributed by atoms with E-state index in [9.17, 15) is 48.3 Å². The van der Waals surface area contributed by atoms with Gasteiger partial charge in [-0.25, -0.2) is 8.42 Å². The van der Waals surface area contributed by atoms with Gasteiger partial charge in [0.25, 0.3) is 0 Å². The molecular formula is C11H15F8NO3S. The average molecular weight is 393 g/mol. The highest BCUT2D eigenvalue weighted by Gasteiger charge is 2.57. The monoisotopic (exact) mass is 393 g/mol. The van der Waals surface area contributed by atoms with Crippen LogP contribution in [0.5, 0.6) is 0 Å². The smallest absolute Gasteiger partial charge is 0.348 e. The van der Waals surface area contributed by atoms with E-state index in [0.717, 1.165) is 14.1 Å². The molecule has 0 aliphatic heterocycles. The van der Waals surface area contributed by atoms with E-state index < -0.39 is 64.3 Å². The lowest BCUT2D eigenvalue weighted by Gasteiger charge is -2.24. The van der Waals surface area contributed by atoms with Gasteiger partial charge in [-0.1, -0.05) is 0 Å². The van der Waals surface area contributed by atoms with Crippen LogP contribution in [0.15, 0.2) is 0 Å². The maximum atomic E-state index is 12.9. The fourth-order valence-electron chi connectivity index (χ4n) is 1.60. The Morgan fingerprint density at radius 1 is 0.958 bits per heavy atom. The minimum atomic E-state index is -5.96. The van der Waals surface area contributed by atoms with E-state index in [4.69, 9.17) is 0 Å². The molecule has 0 aliphatic carbocycles. The molecule has 0 saturated carbocycles. The molecule has 0 spiro atoms. The summed E-state index contributed by atoms with van der Waals surface area (Å²) in [6.07, 6.45) is -16.2. The Morgan fingerprint density at radius 2 is 1.42 bits per heavy atom. The lowest BCUT2D eigenvalue weighted by atomic mass is 10.1. The van der Waals surface area contributed by atoms with Crippen LogP contribution in [-0.4, -0.2) is 62.6 Å². The zero-order chi connectivity index (χ0) is 19.6. The molecule has 0 rings (SSSR count). The summed E-state index contributed by atoms with van der Waals surface area (Å²) in [5.41, 5.74) is 0. The molecule has 1 unspecified atom stereocenters. The van der Waals surface area contributed by atoms with Gasteiger partial charge in [0, 0.05) is 20.5 Å². The highest BCUT2D eigenvalue weighted by molar-refractivity contribution is 7.92. The van der Waals surface area contributed by atoms with Crippen LogP contribution in [-0.2, 0) is 14.6 Å². The molecule has 0 radical (unpaired) electrons. The second-order valence-corrected chi connectivity index (χ2v) is 7.50. The summed E-state index contributed by atoms with van der Waals surface area (Å²) in [4.78, 5) is 12.3. The Balaban J connectivity index is 5.38. The zero-order valence-electron chi connectivity index (χ0n) is 12.5. The Bertz CT molecular complexity index is 538. The maximum Gasteiger partial charge on any atom is 0.453 e. The zero-order valence-corrected chi connectivity index (χ0v) is 13.3. The summed E-state index contributed by atoms with van der Waals surface area (Å²) in [5.74, 6) is -8.22. The second kappa shape index (κ2) is 7.40. The van der Waals surface area contributed by atoms with Crippen LogP contribution in [0.3, 0.4) is 0 Å². The molecular weight excluding hydrogens is 378 g/mol. The van der Waals surface area contributed by atoms with Crippen molar-refractivity contribution in [3.05, 3.63) is 0 Å². The van der Waals surface area contributed by atoms with Crippen LogP contribution in [0.25, 0.3) is 0 Å². The summed E-state index contributed by atoms with van der Waals surface area (Å²) >= 11 is 0. The molecule has 144 valence electrons. The molecule has 0 aliphatic rings. The van der Waals surface area contributed by atoms with Gasteiger partial charge in [0.15, 0.2) is 9.84 Å². The number of carbonyl (C=O) groups excluding carboxylic acids is 1. The molecule has 0 heterocycles. The van der Waals surface area contributed by atoms with Crippen molar-refractivity contribution in [2.24, 2.45) is 0 Å². The molecule has 24 heavy (non-hydrogen) atoms. The van der Waals surface area contributed by atoms with Gasteiger partial charge in [0.05, 0.1) is 12.2 Å². The summed E-state index contributed by atoms with van der Waals surface area (Å²) in [6, 6.07) is 0. The third-order valence-electron chi connectivity index (χ3n) is 2.95. The van der Waals surface area contributed by atoms with Crippen LogP contribution < -0.4 is 0 Å². The Hall–Kier alpha value is -1.14. The quantitative estimate of drug-likeness (QED) is 0.625. The molecule has 0 aromatic rings. The number of hydrogen-bond acceptors (Lipinski definition) is 3.